The number of hydrogen-bond acceptors (Lipinski definition) is 4. The molecule has 1 N–H and O–H groups in total. The second-order valence-electron chi connectivity index (χ2n) is 8.01. The van der Waals surface area contributed by atoms with Crippen LogP contribution in [-0.4, -0.2) is 32.2 Å². The van der Waals surface area contributed by atoms with Crippen LogP contribution in [0.3, 0.4) is 0 Å². The van der Waals surface area contributed by atoms with Gasteiger partial charge in [-0.05, 0) is 44.0 Å². The summed E-state index contributed by atoms with van der Waals surface area (Å²) >= 11 is 6.06. The Morgan fingerprint density at radius 2 is 1.90 bits per heavy atom. The SMILES string of the molecule is CCC1(CC)C[C@H](NC(=O)[C@H](C)N(c2cccc(Cl)c2)S(C)(=O)=O)c2ccccc2O1. The van der Waals surface area contributed by atoms with Crippen molar-refractivity contribution in [3.05, 3.63) is 59.1 Å². The van der Waals surface area contributed by atoms with Gasteiger partial charge in [-0.25, -0.2) is 8.42 Å². The van der Waals surface area contributed by atoms with E-state index < -0.39 is 16.1 Å². The number of halogens is 1. The number of nitrogens with zero attached hydrogens (tertiary/aromatic N) is 1. The summed E-state index contributed by atoms with van der Waals surface area (Å²) < 4.78 is 32.5. The predicted molar refractivity (Wildman–Crippen MR) is 124 cm³/mol. The first kappa shape index (κ1) is 23.4. The molecule has 3 rings (SSSR count). The van der Waals surface area contributed by atoms with Crippen LogP contribution in [0.5, 0.6) is 5.75 Å². The fourth-order valence-corrected chi connectivity index (χ4v) is 5.50. The van der Waals surface area contributed by atoms with E-state index in [1.807, 2.05) is 24.3 Å². The van der Waals surface area contributed by atoms with E-state index in [9.17, 15) is 13.2 Å². The second kappa shape index (κ2) is 9.09. The molecule has 2 aromatic rings. The third-order valence-corrected chi connectivity index (χ3v) is 7.43. The summed E-state index contributed by atoms with van der Waals surface area (Å²) in [6.45, 7) is 5.72. The fourth-order valence-electron chi connectivity index (χ4n) is 4.14. The molecule has 0 saturated heterocycles. The number of anilines is 1. The molecule has 168 valence electrons. The summed E-state index contributed by atoms with van der Waals surface area (Å²) in [5.41, 5.74) is 0.870. The fraction of sp³-hybridized carbons (Fsp3) is 0.435. The third kappa shape index (κ3) is 4.99. The molecule has 2 atom stereocenters. The van der Waals surface area contributed by atoms with E-state index in [1.54, 1.807) is 25.1 Å². The number of amides is 1. The van der Waals surface area contributed by atoms with Gasteiger partial charge in [-0.3, -0.25) is 9.10 Å². The number of para-hydroxylation sites is 1. The highest BCUT2D eigenvalue weighted by Crippen LogP contribution is 2.42. The van der Waals surface area contributed by atoms with Crippen LogP contribution in [0.2, 0.25) is 5.02 Å². The van der Waals surface area contributed by atoms with Crippen LogP contribution in [0.4, 0.5) is 5.69 Å². The molecule has 0 aliphatic carbocycles. The first-order valence-corrected chi connectivity index (χ1v) is 12.7. The lowest BCUT2D eigenvalue weighted by Gasteiger charge is -2.42. The number of fused-ring (bicyclic) bond motifs is 1. The summed E-state index contributed by atoms with van der Waals surface area (Å²) in [5, 5.41) is 3.47. The Bertz CT molecular complexity index is 1050. The normalized spacial score (nSPS) is 18.4. The van der Waals surface area contributed by atoms with Crippen molar-refractivity contribution in [2.24, 2.45) is 0 Å². The monoisotopic (exact) mass is 464 g/mol. The quantitative estimate of drug-likeness (QED) is 0.644. The maximum Gasteiger partial charge on any atom is 0.244 e. The van der Waals surface area contributed by atoms with Gasteiger partial charge in [0.05, 0.1) is 18.0 Å². The molecule has 0 bridgehead atoms. The minimum atomic E-state index is -3.72. The molecule has 0 fully saturated rings. The Kier molecular flexibility index (Phi) is 6.86. The molecule has 1 heterocycles. The molecular weight excluding hydrogens is 436 g/mol. The summed E-state index contributed by atoms with van der Waals surface area (Å²) in [4.78, 5) is 13.3. The standard InChI is InChI=1S/C23H29ClN2O4S/c1-5-23(6-2)15-20(19-12-7-8-13-21(19)30-23)25-22(27)16(3)26(31(4,28)29)18-11-9-10-17(24)14-18/h7-14,16,20H,5-6,15H2,1-4H3,(H,25,27)/t16-,20-/m0/s1. The average molecular weight is 465 g/mol. The minimum absolute atomic E-state index is 0.277. The molecular formula is C23H29ClN2O4S. The Morgan fingerprint density at radius 3 is 2.52 bits per heavy atom. The molecule has 2 aromatic carbocycles. The van der Waals surface area contributed by atoms with Crippen molar-refractivity contribution in [2.45, 2.75) is 57.7 Å². The zero-order chi connectivity index (χ0) is 22.8. The molecule has 0 saturated carbocycles. The molecule has 0 unspecified atom stereocenters. The maximum absolute atomic E-state index is 13.3. The van der Waals surface area contributed by atoms with E-state index in [4.69, 9.17) is 16.3 Å². The second-order valence-corrected chi connectivity index (χ2v) is 10.3. The van der Waals surface area contributed by atoms with Crippen molar-refractivity contribution in [1.29, 1.82) is 0 Å². The van der Waals surface area contributed by atoms with Gasteiger partial charge in [-0.2, -0.15) is 0 Å². The lowest BCUT2D eigenvalue weighted by atomic mass is 9.83. The molecule has 0 aromatic heterocycles. The Balaban J connectivity index is 1.91. The van der Waals surface area contributed by atoms with Crippen LogP contribution in [0.1, 0.15) is 51.6 Å². The van der Waals surface area contributed by atoms with Gasteiger partial charge in [0.2, 0.25) is 15.9 Å². The molecule has 8 heteroatoms. The summed E-state index contributed by atoms with van der Waals surface area (Å²) in [6, 6.07) is 12.9. The van der Waals surface area contributed by atoms with Gasteiger partial charge in [-0.1, -0.05) is 49.7 Å². The number of carbonyl (C=O) groups is 1. The Hall–Kier alpha value is -2.25. The zero-order valence-corrected chi connectivity index (χ0v) is 19.8. The van der Waals surface area contributed by atoms with Crippen molar-refractivity contribution in [1.82, 2.24) is 5.32 Å². The molecule has 1 amide bonds. The van der Waals surface area contributed by atoms with E-state index in [0.29, 0.717) is 17.1 Å². The van der Waals surface area contributed by atoms with E-state index in [-0.39, 0.29) is 17.6 Å². The molecule has 0 radical (unpaired) electrons. The Morgan fingerprint density at radius 1 is 1.23 bits per heavy atom. The van der Waals surface area contributed by atoms with Crippen LogP contribution < -0.4 is 14.4 Å². The number of hydrogen-bond donors (Lipinski definition) is 1. The molecule has 1 aliphatic rings. The highest BCUT2D eigenvalue weighted by Gasteiger charge is 2.40. The average Bonchev–Trinajstić information content (AvgIpc) is 2.72. The molecule has 0 spiro atoms. The van der Waals surface area contributed by atoms with Crippen molar-refractivity contribution in [3.63, 3.8) is 0 Å². The zero-order valence-electron chi connectivity index (χ0n) is 18.3. The van der Waals surface area contributed by atoms with Crippen LogP contribution in [0.25, 0.3) is 0 Å². The van der Waals surface area contributed by atoms with Gasteiger partial charge in [0.15, 0.2) is 0 Å². The van der Waals surface area contributed by atoms with E-state index >= 15 is 0 Å². The van der Waals surface area contributed by atoms with Crippen LogP contribution in [0.15, 0.2) is 48.5 Å². The summed E-state index contributed by atoms with van der Waals surface area (Å²) in [7, 11) is -3.72. The summed E-state index contributed by atoms with van der Waals surface area (Å²) in [6.07, 6.45) is 3.31. The molecule has 1 aliphatic heterocycles. The van der Waals surface area contributed by atoms with Crippen molar-refractivity contribution < 1.29 is 17.9 Å². The lowest BCUT2D eigenvalue weighted by Crippen LogP contribution is -2.51. The van der Waals surface area contributed by atoms with Crippen LogP contribution in [-0.2, 0) is 14.8 Å². The van der Waals surface area contributed by atoms with Gasteiger partial charge < -0.3 is 10.1 Å². The number of ether oxygens (including phenoxy) is 1. The van der Waals surface area contributed by atoms with Gasteiger partial charge >= 0.3 is 0 Å². The topological polar surface area (TPSA) is 75.7 Å². The van der Waals surface area contributed by atoms with Crippen molar-refractivity contribution in [2.75, 3.05) is 10.6 Å². The van der Waals surface area contributed by atoms with E-state index in [0.717, 1.165) is 34.7 Å². The number of rotatable bonds is 7. The van der Waals surface area contributed by atoms with Crippen LogP contribution in [0, 0.1) is 0 Å². The Labute approximate surface area is 189 Å². The van der Waals surface area contributed by atoms with Gasteiger partial charge in [0, 0.05) is 17.0 Å². The highest BCUT2D eigenvalue weighted by molar-refractivity contribution is 7.92. The number of carbonyl (C=O) groups excluding carboxylic acids is 1. The largest absolute Gasteiger partial charge is 0.487 e. The third-order valence-electron chi connectivity index (χ3n) is 5.95. The van der Waals surface area contributed by atoms with Gasteiger partial charge in [0.1, 0.15) is 17.4 Å². The predicted octanol–water partition coefficient (Wildman–Crippen LogP) is 4.69. The van der Waals surface area contributed by atoms with Gasteiger partial charge in [-0.15, -0.1) is 0 Å². The number of sulfonamides is 1. The van der Waals surface area contributed by atoms with E-state index in [2.05, 4.69) is 19.2 Å². The number of nitrogens with one attached hydrogen (secondary N) is 1. The molecule has 6 nitrogen and oxygen atoms in total. The highest BCUT2D eigenvalue weighted by atomic mass is 35.5. The summed E-state index contributed by atoms with van der Waals surface area (Å²) in [5.74, 6) is 0.374. The smallest absolute Gasteiger partial charge is 0.244 e. The number of benzene rings is 2. The first-order valence-electron chi connectivity index (χ1n) is 10.4. The first-order chi connectivity index (χ1) is 14.6. The maximum atomic E-state index is 13.3. The van der Waals surface area contributed by atoms with Crippen LogP contribution >= 0.6 is 11.6 Å². The molecule has 31 heavy (non-hydrogen) atoms. The van der Waals surface area contributed by atoms with E-state index in [1.165, 1.54) is 6.07 Å². The lowest BCUT2D eigenvalue weighted by molar-refractivity contribution is -0.123. The van der Waals surface area contributed by atoms with Crippen molar-refractivity contribution in [3.8, 4) is 5.75 Å². The minimum Gasteiger partial charge on any atom is -0.487 e. The van der Waals surface area contributed by atoms with Crippen molar-refractivity contribution >= 4 is 33.2 Å². The van der Waals surface area contributed by atoms with Gasteiger partial charge in [0.25, 0.3) is 0 Å².